The Kier molecular flexibility index (Phi) is 9.72. The van der Waals surface area contributed by atoms with Crippen LogP contribution < -0.4 is 10.6 Å². The lowest BCUT2D eigenvalue weighted by Gasteiger charge is -2.37. The first-order chi connectivity index (χ1) is 17.5. The van der Waals surface area contributed by atoms with Gasteiger partial charge in [-0.25, -0.2) is 0 Å². The van der Waals surface area contributed by atoms with Crippen molar-refractivity contribution in [2.75, 3.05) is 32.2 Å². The van der Waals surface area contributed by atoms with Crippen LogP contribution in [-0.2, 0) is 22.4 Å². The largest absolute Gasteiger partial charge is 0.507 e. The SMILES string of the molecule is CN(C)c1cc(CCC2CCCC2)c(O)c2c1C[C@@H](C[C@@H](CCO)[C@](O)(CO)C(=O)CC(N)=O)CC2=O. The van der Waals surface area contributed by atoms with Crippen LogP contribution in [0.5, 0.6) is 5.75 Å². The number of primary amides is 1. The van der Waals surface area contributed by atoms with E-state index in [0.29, 0.717) is 24.3 Å². The van der Waals surface area contributed by atoms with E-state index in [1.807, 2.05) is 25.1 Å². The lowest BCUT2D eigenvalue weighted by molar-refractivity contribution is -0.153. The van der Waals surface area contributed by atoms with Crippen LogP contribution in [-0.4, -0.2) is 70.8 Å². The minimum absolute atomic E-state index is 0.00496. The van der Waals surface area contributed by atoms with Crippen molar-refractivity contribution in [3.63, 3.8) is 0 Å². The fourth-order valence-corrected chi connectivity index (χ4v) is 6.27. The van der Waals surface area contributed by atoms with E-state index < -0.39 is 36.2 Å². The molecule has 9 heteroatoms. The summed E-state index contributed by atoms with van der Waals surface area (Å²) in [4.78, 5) is 39.2. The molecule has 0 saturated heterocycles. The number of aliphatic hydroxyl groups is 3. The number of rotatable bonds is 13. The van der Waals surface area contributed by atoms with E-state index in [1.54, 1.807) is 0 Å². The average molecular weight is 519 g/mol. The number of nitrogens with two attached hydrogens (primary N) is 1. The number of carbonyl (C=O) groups is 3. The minimum atomic E-state index is -2.25. The first-order valence-electron chi connectivity index (χ1n) is 13.4. The molecule has 0 bridgehead atoms. The summed E-state index contributed by atoms with van der Waals surface area (Å²) in [5, 5.41) is 41.7. The van der Waals surface area contributed by atoms with E-state index in [9.17, 15) is 34.8 Å². The summed E-state index contributed by atoms with van der Waals surface area (Å²) in [6.07, 6.45) is 6.60. The van der Waals surface area contributed by atoms with Gasteiger partial charge in [0.1, 0.15) is 11.4 Å². The summed E-state index contributed by atoms with van der Waals surface area (Å²) in [5.74, 6) is -2.48. The van der Waals surface area contributed by atoms with Gasteiger partial charge >= 0.3 is 0 Å². The first kappa shape index (κ1) is 29.1. The summed E-state index contributed by atoms with van der Waals surface area (Å²) < 4.78 is 0. The number of anilines is 1. The Hall–Kier alpha value is -2.49. The maximum Gasteiger partial charge on any atom is 0.224 e. The second kappa shape index (κ2) is 12.4. The molecule has 0 radical (unpaired) electrons. The molecular formula is C28H42N2O7. The van der Waals surface area contributed by atoms with Gasteiger partial charge in [0, 0.05) is 32.8 Å². The van der Waals surface area contributed by atoms with Gasteiger partial charge in [-0.05, 0) is 67.1 Å². The molecule has 1 saturated carbocycles. The van der Waals surface area contributed by atoms with Gasteiger partial charge in [-0.1, -0.05) is 25.7 Å². The first-order valence-corrected chi connectivity index (χ1v) is 13.4. The van der Waals surface area contributed by atoms with E-state index in [4.69, 9.17) is 5.73 Å². The number of nitrogens with zero attached hydrogens (tertiary/aromatic N) is 1. The third-order valence-corrected chi connectivity index (χ3v) is 8.32. The number of hydrogen-bond donors (Lipinski definition) is 5. The van der Waals surface area contributed by atoms with Crippen LogP contribution in [0.3, 0.4) is 0 Å². The number of Topliss-reactive ketones (excluding diaryl/α,β-unsaturated/α-hetero) is 2. The molecule has 0 aromatic heterocycles. The Morgan fingerprint density at radius 3 is 2.41 bits per heavy atom. The quantitative estimate of drug-likeness (QED) is 0.247. The number of carbonyl (C=O) groups excluding carboxylic acids is 3. The molecule has 1 amide bonds. The van der Waals surface area contributed by atoms with Crippen molar-refractivity contribution in [3.05, 3.63) is 22.8 Å². The van der Waals surface area contributed by atoms with Crippen LogP contribution in [0.2, 0.25) is 0 Å². The molecule has 3 atom stereocenters. The highest BCUT2D eigenvalue weighted by atomic mass is 16.3. The normalized spacial score (nSPS) is 20.4. The average Bonchev–Trinajstić information content (AvgIpc) is 3.35. The molecule has 6 N–H and O–H groups in total. The number of phenols is 1. The number of fused-ring (bicyclic) bond motifs is 1. The van der Waals surface area contributed by atoms with Crippen LogP contribution in [0.25, 0.3) is 0 Å². The molecule has 3 rings (SSSR count). The molecule has 0 aliphatic heterocycles. The predicted octanol–water partition coefficient (Wildman–Crippen LogP) is 1.88. The number of aliphatic hydroxyl groups excluding tert-OH is 2. The van der Waals surface area contributed by atoms with Crippen LogP contribution in [0.1, 0.15) is 79.3 Å². The number of phenolic OH excluding ortho intramolecular Hbond substituents is 1. The maximum absolute atomic E-state index is 13.4. The Labute approximate surface area is 218 Å². The monoisotopic (exact) mass is 518 g/mol. The van der Waals surface area contributed by atoms with Crippen molar-refractivity contribution in [1.82, 2.24) is 0 Å². The molecule has 1 fully saturated rings. The van der Waals surface area contributed by atoms with E-state index in [0.717, 1.165) is 23.2 Å². The Morgan fingerprint density at radius 2 is 1.84 bits per heavy atom. The maximum atomic E-state index is 13.4. The van der Waals surface area contributed by atoms with Gasteiger partial charge in [-0.2, -0.15) is 0 Å². The summed E-state index contributed by atoms with van der Waals surface area (Å²) in [6, 6.07) is 1.96. The molecule has 2 aliphatic rings. The zero-order chi connectivity index (χ0) is 27.3. The third kappa shape index (κ3) is 6.51. The zero-order valence-electron chi connectivity index (χ0n) is 22.0. The summed E-state index contributed by atoms with van der Waals surface area (Å²) in [5.41, 5.74) is 5.59. The smallest absolute Gasteiger partial charge is 0.224 e. The number of ketones is 2. The number of aryl methyl sites for hydroxylation is 1. The lowest BCUT2D eigenvalue weighted by Crippen LogP contribution is -2.51. The van der Waals surface area contributed by atoms with E-state index >= 15 is 0 Å². The van der Waals surface area contributed by atoms with E-state index in [1.165, 1.54) is 25.7 Å². The van der Waals surface area contributed by atoms with Crippen molar-refractivity contribution in [1.29, 1.82) is 0 Å². The second-order valence-electron chi connectivity index (χ2n) is 11.1. The van der Waals surface area contributed by atoms with Gasteiger partial charge in [-0.15, -0.1) is 0 Å². The molecule has 9 nitrogen and oxygen atoms in total. The molecule has 0 spiro atoms. The highest BCUT2D eigenvalue weighted by molar-refractivity contribution is 6.03. The van der Waals surface area contributed by atoms with E-state index in [2.05, 4.69) is 0 Å². The molecule has 0 heterocycles. The van der Waals surface area contributed by atoms with Crippen molar-refractivity contribution < 1.29 is 34.8 Å². The predicted molar refractivity (Wildman–Crippen MR) is 140 cm³/mol. The van der Waals surface area contributed by atoms with Crippen LogP contribution in [0.4, 0.5) is 5.69 Å². The number of hydrogen-bond acceptors (Lipinski definition) is 8. The van der Waals surface area contributed by atoms with Crippen molar-refractivity contribution in [2.45, 2.75) is 76.2 Å². The molecular weight excluding hydrogens is 476 g/mol. The third-order valence-electron chi connectivity index (χ3n) is 8.32. The lowest BCUT2D eigenvalue weighted by atomic mass is 9.71. The summed E-state index contributed by atoms with van der Waals surface area (Å²) in [7, 11) is 3.78. The molecule has 206 valence electrons. The number of aromatic hydroxyl groups is 1. The molecule has 0 unspecified atom stereocenters. The Morgan fingerprint density at radius 1 is 1.16 bits per heavy atom. The van der Waals surface area contributed by atoms with Gasteiger partial charge in [0.15, 0.2) is 11.6 Å². The zero-order valence-corrected chi connectivity index (χ0v) is 22.0. The summed E-state index contributed by atoms with van der Waals surface area (Å²) >= 11 is 0. The van der Waals surface area contributed by atoms with Crippen LogP contribution in [0, 0.1) is 17.8 Å². The van der Waals surface area contributed by atoms with Gasteiger partial charge < -0.3 is 31.1 Å². The van der Waals surface area contributed by atoms with Gasteiger partial charge in [-0.3, -0.25) is 14.4 Å². The fraction of sp³-hybridized carbons (Fsp3) is 0.679. The summed E-state index contributed by atoms with van der Waals surface area (Å²) in [6.45, 7) is -1.27. The molecule has 1 aromatic carbocycles. The van der Waals surface area contributed by atoms with E-state index in [-0.39, 0.29) is 43.3 Å². The van der Waals surface area contributed by atoms with Crippen molar-refractivity contribution >= 4 is 23.2 Å². The van der Waals surface area contributed by atoms with Crippen molar-refractivity contribution in [2.24, 2.45) is 23.5 Å². The highest BCUT2D eigenvalue weighted by Crippen LogP contribution is 2.43. The second-order valence-corrected chi connectivity index (χ2v) is 11.1. The standard InChI is InChI=1S/C28H42N2O7/c1-30(2)22-14-19(8-7-17-5-3-4-6-17)27(36)26-21(22)12-18(13-23(26)33)11-20(9-10-31)28(37,16-32)24(34)15-25(29)35/h14,17-18,20,31-32,36-37H,3-13,15-16H2,1-2H3,(H2,29,35)/t18-,20-,28-/m1/s1. The van der Waals surface area contributed by atoms with Crippen LogP contribution in [0.15, 0.2) is 6.07 Å². The topological polar surface area (TPSA) is 161 Å². The van der Waals surface area contributed by atoms with Gasteiger partial charge in [0.2, 0.25) is 5.91 Å². The molecule has 2 aliphatic carbocycles. The van der Waals surface area contributed by atoms with Gasteiger partial charge in [0.05, 0.1) is 18.6 Å². The van der Waals surface area contributed by atoms with Crippen molar-refractivity contribution in [3.8, 4) is 5.75 Å². The fourth-order valence-electron chi connectivity index (χ4n) is 6.27. The Balaban J connectivity index is 1.88. The van der Waals surface area contributed by atoms with Gasteiger partial charge in [0.25, 0.3) is 0 Å². The molecule has 37 heavy (non-hydrogen) atoms. The molecule has 1 aromatic rings. The Bertz CT molecular complexity index is 1000. The number of benzene rings is 1. The highest BCUT2D eigenvalue weighted by Gasteiger charge is 2.45. The number of amides is 1. The van der Waals surface area contributed by atoms with Crippen LogP contribution >= 0.6 is 0 Å². The minimum Gasteiger partial charge on any atom is -0.507 e.